The maximum Gasteiger partial charge on any atom is 0.248 e. The zero-order chi connectivity index (χ0) is 81.5. The number of hydrogen-bond acceptors (Lipinski definition) is 6. The lowest BCUT2D eigenvalue weighted by Crippen LogP contribution is -2.13. The van der Waals surface area contributed by atoms with Crippen LogP contribution in [0.2, 0.25) is 0 Å². The summed E-state index contributed by atoms with van der Waals surface area (Å²) in [5.74, 6) is 1.29. The van der Waals surface area contributed by atoms with Gasteiger partial charge in [-0.2, -0.15) is 0 Å². The van der Waals surface area contributed by atoms with Crippen molar-refractivity contribution in [1.29, 1.82) is 0 Å². The predicted octanol–water partition coefficient (Wildman–Crippen LogP) is 30.8. The molecule has 0 bridgehead atoms. The summed E-state index contributed by atoms with van der Waals surface area (Å²) in [6.45, 7) is 8.76. The molecule has 0 amide bonds. The summed E-state index contributed by atoms with van der Waals surface area (Å²) < 4.78 is 14.3. The first kappa shape index (κ1) is 72.8. The Morgan fingerprint density at radius 3 is 0.820 bits per heavy atom. The van der Waals surface area contributed by atoms with Gasteiger partial charge in [0, 0.05) is 22.3 Å². The van der Waals surface area contributed by atoms with Crippen LogP contribution in [-0.2, 0) is 4.74 Å². The van der Waals surface area contributed by atoms with Crippen LogP contribution in [-0.4, -0.2) is 16.1 Å². The number of benzene rings is 20. The SMILES string of the molecule is Cc1ccc(-c2c(-c3ccc(C)cc3)c(-c3ccc(C)cc3)c3c4cccc5c6c(-c7ccccc7)c(-c7cccc(-c8nnc(-c9cc(-c%10ccccc%10)cc(-c%10ccccc%10)c9)o8)c7)c(-c7cccc(C8=NNC(c9cc(-c%10ccccc%10)cc(-c%10ccccc%10)c9)O8)c7)c(-c7ccccc7)c6c6cccc(c3c2-c2ccc(C)cc2)c6c45)cc1. The number of aromatic nitrogens is 2. The van der Waals surface area contributed by atoms with Crippen molar-refractivity contribution in [3.63, 3.8) is 0 Å². The number of rotatable bonds is 16. The van der Waals surface area contributed by atoms with Crippen molar-refractivity contribution in [2.24, 2.45) is 5.10 Å². The van der Waals surface area contributed by atoms with Gasteiger partial charge in [0.2, 0.25) is 23.9 Å². The van der Waals surface area contributed by atoms with Gasteiger partial charge in [-0.1, -0.05) is 362 Å². The Morgan fingerprint density at radius 2 is 0.459 bits per heavy atom. The van der Waals surface area contributed by atoms with Crippen LogP contribution in [0.25, 0.3) is 210 Å². The summed E-state index contributed by atoms with van der Waals surface area (Å²) in [6, 6.07) is 147. The molecule has 6 nitrogen and oxygen atoms in total. The summed E-state index contributed by atoms with van der Waals surface area (Å²) in [5, 5.41) is 26.7. The van der Waals surface area contributed by atoms with Crippen LogP contribution in [0.1, 0.15) is 39.6 Å². The molecule has 1 aliphatic heterocycles. The lowest BCUT2D eigenvalue weighted by molar-refractivity contribution is 0.192. The van der Waals surface area contributed by atoms with Gasteiger partial charge in [0.15, 0.2) is 0 Å². The van der Waals surface area contributed by atoms with Gasteiger partial charge in [-0.15, -0.1) is 15.3 Å². The van der Waals surface area contributed by atoms with Crippen LogP contribution in [0.15, 0.2) is 410 Å². The van der Waals surface area contributed by atoms with Crippen molar-refractivity contribution in [1.82, 2.24) is 15.6 Å². The van der Waals surface area contributed by atoms with E-state index >= 15 is 0 Å². The molecular weight excluding hydrogens is 1480 g/mol. The fourth-order valence-electron chi connectivity index (χ4n) is 18.8. The van der Waals surface area contributed by atoms with E-state index in [0.717, 1.165) is 155 Å². The summed E-state index contributed by atoms with van der Waals surface area (Å²) in [5.41, 5.74) is 37.8. The van der Waals surface area contributed by atoms with E-state index < -0.39 is 6.23 Å². The first-order valence-electron chi connectivity index (χ1n) is 41.9. The number of nitrogens with zero attached hydrogens (tertiary/aromatic N) is 3. The predicted molar refractivity (Wildman–Crippen MR) is 508 cm³/mol. The van der Waals surface area contributed by atoms with Gasteiger partial charge >= 0.3 is 0 Å². The molecule has 20 aromatic carbocycles. The van der Waals surface area contributed by atoms with E-state index in [1.54, 1.807) is 0 Å². The van der Waals surface area contributed by atoms with E-state index in [-0.39, 0.29) is 0 Å². The topological polar surface area (TPSA) is 72.5 Å². The number of hydrazone groups is 1. The number of fused-ring (bicyclic) bond motifs is 6. The summed E-state index contributed by atoms with van der Waals surface area (Å²) in [7, 11) is 0. The summed E-state index contributed by atoms with van der Waals surface area (Å²) >= 11 is 0. The van der Waals surface area contributed by atoms with E-state index in [0.29, 0.717) is 17.7 Å². The molecule has 0 fully saturated rings. The Hall–Kier alpha value is -15.6. The van der Waals surface area contributed by atoms with Crippen LogP contribution >= 0.6 is 0 Å². The Bertz CT molecular complexity index is 7520. The average Bonchev–Trinajstić information content (AvgIpc) is 1.29. The first-order chi connectivity index (χ1) is 60.1. The molecule has 1 unspecified atom stereocenters. The van der Waals surface area contributed by atoms with Crippen LogP contribution in [0.5, 0.6) is 0 Å². The van der Waals surface area contributed by atoms with E-state index in [2.05, 4.69) is 434 Å². The highest BCUT2D eigenvalue weighted by Crippen LogP contribution is 2.61. The average molecular weight is 1560 g/mol. The molecule has 1 aliphatic rings. The number of aryl methyl sites for hydroxylation is 4. The normalized spacial score (nSPS) is 12.7. The molecule has 0 spiro atoms. The molecule has 22 rings (SSSR count). The molecule has 0 saturated heterocycles. The molecule has 6 heteroatoms. The second-order valence-corrected chi connectivity index (χ2v) is 32.4. The number of ether oxygens (including phenoxy) is 1. The van der Waals surface area contributed by atoms with E-state index in [4.69, 9.17) is 24.5 Å². The lowest BCUT2D eigenvalue weighted by Gasteiger charge is -2.29. The largest absolute Gasteiger partial charge is 0.446 e. The number of hydrogen-bond donors (Lipinski definition) is 1. The molecule has 0 radical (unpaired) electrons. The smallest absolute Gasteiger partial charge is 0.248 e. The minimum Gasteiger partial charge on any atom is -0.446 e. The van der Waals surface area contributed by atoms with Crippen molar-refractivity contribution in [3.8, 4) is 156 Å². The molecule has 21 aromatic rings. The van der Waals surface area contributed by atoms with Gasteiger partial charge in [0.1, 0.15) is 0 Å². The van der Waals surface area contributed by atoms with Crippen molar-refractivity contribution < 1.29 is 9.15 Å². The van der Waals surface area contributed by atoms with E-state index in [9.17, 15) is 0 Å². The lowest BCUT2D eigenvalue weighted by atomic mass is 9.73. The molecule has 1 atom stereocenters. The third-order valence-electron chi connectivity index (χ3n) is 24.5. The van der Waals surface area contributed by atoms with Crippen molar-refractivity contribution in [2.75, 3.05) is 0 Å². The quantitative estimate of drug-likeness (QED) is 0.0771. The Morgan fingerprint density at radius 1 is 0.205 bits per heavy atom. The van der Waals surface area contributed by atoms with Crippen molar-refractivity contribution in [3.05, 3.63) is 434 Å². The van der Waals surface area contributed by atoms with Crippen molar-refractivity contribution >= 4 is 59.8 Å². The zero-order valence-electron chi connectivity index (χ0n) is 67.8. The van der Waals surface area contributed by atoms with E-state index in [1.807, 2.05) is 0 Å². The Balaban J connectivity index is 0.856. The van der Waals surface area contributed by atoms with Gasteiger partial charge < -0.3 is 9.15 Å². The molecule has 0 saturated carbocycles. The first-order valence-corrected chi connectivity index (χ1v) is 41.9. The maximum atomic E-state index is 7.20. The monoisotopic (exact) mass is 1560 g/mol. The van der Waals surface area contributed by atoms with Crippen LogP contribution < -0.4 is 5.43 Å². The molecular formula is C116H80N4O2. The van der Waals surface area contributed by atoms with Crippen LogP contribution in [0.3, 0.4) is 0 Å². The Labute approximate surface area is 709 Å². The van der Waals surface area contributed by atoms with Gasteiger partial charge in [-0.05, 0) is 276 Å². The molecule has 122 heavy (non-hydrogen) atoms. The minimum atomic E-state index is -0.601. The number of nitrogens with one attached hydrogen (secondary N) is 1. The second kappa shape index (κ2) is 30.4. The van der Waals surface area contributed by atoms with Gasteiger partial charge in [0.25, 0.3) is 0 Å². The fourth-order valence-corrected chi connectivity index (χ4v) is 18.8. The van der Waals surface area contributed by atoms with Gasteiger partial charge in [-0.25, -0.2) is 0 Å². The molecule has 1 aromatic heterocycles. The van der Waals surface area contributed by atoms with Crippen LogP contribution in [0, 0.1) is 27.7 Å². The highest BCUT2D eigenvalue weighted by Gasteiger charge is 2.34. The van der Waals surface area contributed by atoms with Crippen molar-refractivity contribution in [2.45, 2.75) is 33.9 Å². The zero-order valence-corrected chi connectivity index (χ0v) is 67.8. The van der Waals surface area contributed by atoms with E-state index in [1.165, 1.54) is 76.8 Å². The maximum absolute atomic E-state index is 7.20. The third kappa shape index (κ3) is 12.9. The molecule has 2 heterocycles. The summed E-state index contributed by atoms with van der Waals surface area (Å²) in [4.78, 5) is 0. The molecule has 0 aliphatic carbocycles. The van der Waals surface area contributed by atoms with Gasteiger partial charge in [-0.3, -0.25) is 5.43 Å². The Kier molecular flexibility index (Phi) is 18.1. The fraction of sp³-hybridized carbons (Fsp3) is 0.0431. The van der Waals surface area contributed by atoms with Gasteiger partial charge in [0.05, 0.1) is 0 Å². The standard InChI is InChI=1S/C116H80N4O2/c1-71-47-55-81(56-48-71)99-100(82-57-49-72(2)50-58-82)104(84-61-53-74(4)54-62-84)112-98-46-26-44-96-108(98)107-95(43-25-45-97(107)111(112)103(99)83-59-51-73(3)52-60-83)109-101(79-35-19-9-20-36-79)105(85-39-23-41-87(63-85)113-117-119-115(121-113)93-67-89(75-27-11-5-12-28-75)65-90(68-93)76-29-13-6-14-30-76)106(102(110(96)109)80-37-21-10-22-38-80)86-40-24-42-88(64-86)114-118-120-116(122-114)94-69-91(77-31-15-7-16-32-77)66-92(70-94)78-33-17-8-18-34-78/h5-70,115,119H,1-4H3. The highest BCUT2D eigenvalue weighted by atomic mass is 16.5. The molecule has 1 N–H and O–H groups in total. The second-order valence-electron chi connectivity index (χ2n) is 32.4. The third-order valence-corrected chi connectivity index (χ3v) is 24.5. The molecule has 576 valence electrons. The minimum absolute atomic E-state index is 0.394. The highest BCUT2D eigenvalue weighted by molar-refractivity contribution is 6.46. The van der Waals surface area contributed by atoms with Crippen LogP contribution in [0.4, 0.5) is 0 Å². The summed E-state index contributed by atoms with van der Waals surface area (Å²) in [6.07, 6.45) is -0.601.